The van der Waals surface area contributed by atoms with Crippen LogP contribution in [0.2, 0.25) is 0 Å². The lowest BCUT2D eigenvalue weighted by molar-refractivity contribution is -0.597. The third kappa shape index (κ3) is 5.75. The van der Waals surface area contributed by atoms with Gasteiger partial charge in [-0.15, -0.1) is 0 Å². The smallest absolute Gasteiger partial charge is 0.357 e. The van der Waals surface area contributed by atoms with Crippen LogP contribution in [0.3, 0.4) is 0 Å². The first-order valence-electron chi connectivity index (χ1n) is 10.7. The highest BCUT2D eigenvalue weighted by Crippen LogP contribution is 2.42. The maximum atomic E-state index is 11.6. The summed E-state index contributed by atoms with van der Waals surface area (Å²) in [7, 11) is -1.66. The van der Waals surface area contributed by atoms with E-state index in [4.69, 9.17) is 9.47 Å². The van der Waals surface area contributed by atoms with Gasteiger partial charge in [0.25, 0.3) is 0 Å². The molecule has 35 heavy (non-hydrogen) atoms. The maximum absolute atomic E-state index is 11.6. The highest BCUT2D eigenvalue weighted by atomic mass is 127. The summed E-state index contributed by atoms with van der Waals surface area (Å²) in [6, 6.07) is 33.2. The Bertz CT molecular complexity index is 1520. The van der Waals surface area contributed by atoms with Gasteiger partial charge >= 0.3 is 21.2 Å². The Labute approximate surface area is 215 Å². The van der Waals surface area contributed by atoms with Crippen molar-refractivity contribution >= 4 is 31.7 Å². The average Bonchev–Trinajstić information content (AvgIpc) is 2.87. The van der Waals surface area contributed by atoms with E-state index in [1.807, 2.05) is 18.2 Å². The minimum atomic E-state index is -4.62. The highest BCUT2D eigenvalue weighted by molar-refractivity contribution is 7.86. The second-order valence-corrected chi connectivity index (χ2v) is 11.8. The summed E-state index contributed by atoms with van der Waals surface area (Å²) in [5, 5.41) is 2.37. The van der Waals surface area contributed by atoms with Gasteiger partial charge in [-0.2, -0.15) is 0 Å². The topological polar surface area (TPSA) is 75.7 Å². The largest absolute Gasteiger partial charge is 0.744 e. The number of hydrogen-bond donors (Lipinski definition) is 0. The highest BCUT2D eigenvalue weighted by Gasteiger charge is 2.17. The lowest BCUT2D eigenvalue weighted by Gasteiger charge is -2.17. The van der Waals surface area contributed by atoms with Crippen LogP contribution in [0.15, 0.2) is 108 Å². The minimum absolute atomic E-state index is 0.0287. The lowest BCUT2D eigenvalue weighted by atomic mass is 10.0. The van der Waals surface area contributed by atoms with E-state index in [0.717, 1.165) is 5.39 Å². The summed E-state index contributed by atoms with van der Waals surface area (Å²) in [5.74, 6) is 0.870. The van der Waals surface area contributed by atoms with E-state index in [1.54, 1.807) is 18.2 Å². The molecule has 0 saturated carbocycles. The summed E-state index contributed by atoms with van der Waals surface area (Å²) in [6.07, 6.45) is 0. The van der Waals surface area contributed by atoms with E-state index >= 15 is 0 Å². The molecular weight excluding hydrogens is 575 g/mol. The van der Waals surface area contributed by atoms with Crippen molar-refractivity contribution in [1.29, 1.82) is 0 Å². The van der Waals surface area contributed by atoms with Crippen molar-refractivity contribution in [3.63, 3.8) is 0 Å². The van der Waals surface area contributed by atoms with Gasteiger partial charge in [0.15, 0.2) is 7.14 Å². The predicted molar refractivity (Wildman–Crippen MR) is 133 cm³/mol. The Morgan fingerprint density at radius 2 is 1.20 bits per heavy atom. The molecule has 0 aromatic heterocycles. The lowest BCUT2D eigenvalue weighted by Crippen LogP contribution is -3.61. The van der Waals surface area contributed by atoms with Crippen LogP contribution in [0.4, 0.5) is 0 Å². The monoisotopic (exact) mass is 598 g/mol. The van der Waals surface area contributed by atoms with Crippen LogP contribution in [-0.2, 0) is 10.1 Å². The molecule has 0 aliphatic carbocycles. The summed E-state index contributed by atoms with van der Waals surface area (Å²) >= 11 is 0.0287. The normalized spacial score (nSPS) is 11.1. The standard InChI is InChI=1S/C16H14O5S.C12H10I/c1-20-12-7-3-5-10-9-11-6-4-8-13(22(17,18)19)15(11)16(21-2)14(10)12;1-3-7-11(8-4-1)13-12-9-5-2-6-10-12/h3-9H,1-2H3,(H,17,18,19);1-10H/q;+1/p-1. The fourth-order valence-electron chi connectivity index (χ4n) is 3.78. The fourth-order valence-corrected chi connectivity index (χ4v) is 6.75. The molecule has 5 aromatic rings. The van der Waals surface area contributed by atoms with Crippen LogP contribution in [0.1, 0.15) is 0 Å². The molecule has 0 heterocycles. The van der Waals surface area contributed by atoms with E-state index in [2.05, 4.69) is 60.7 Å². The van der Waals surface area contributed by atoms with E-state index in [0.29, 0.717) is 22.3 Å². The molecule has 0 unspecified atom stereocenters. The molecule has 0 saturated heterocycles. The summed E-state index contributed by atoms with van der Waals surface area (Å²) in [4.78, 5) is -0.297. The van der Waals surface area contributed by atoms with Crippen LogP contribution in [-0.4, -0.2) is 27.2 Å². The third-order valence-corrected chi connectivity index (χ3v) is 8.82. The zero-order chi connectivity index (χ0) is 24.8. The molecule has 0 aliphatic rings. The van der Waals surface area contributed by atoms with Crippen LogP contribution in [0.5, 0.6) is 11.5 Å². The van der Waals surface area contributed by atoms with Crippen molar-refractivity contribution in [3.05, 3.63) is 110 Å². The van der Waals surface area contributed by atoms with E-state index < -0.39 is 10.1 Å². The first-order chi connectivity index (χ1) is 16.9. The van der Waals surface area contributed by atoms with E-state index in [9.17, 15) is 13.0 Å². The molecule has 7 heteroatoms. The molecule has 178 valence electrons. The van der Waals surface area contributed by atoms with Gasteiger partial charge in [-0.1, -0.05) is 60.7 Å². The van der Waals surface area contributed by atoms with Gasteiger partial charge in [-0.3, -0.25) is 0 Å². The van der Waals surface area contributed by atoms with Crippen LogP contribution >= 0.6 is 0 Å². The van der Waals surface area contributed by atoms with Gasteiger partial charge in [0, 0.05) is 5.39 Å². The van der Waals surface area contributed by atoms with Gasteiger partial charge in [-0.05, 0) is 53.2 Å². The molecule has 0 atom stereocenters. The number of fused-ring (bicyclic) bond motifs is 2. The van der Waals surface area contributed by atoms with Gasteiger partial charge in [0.1, 0.15) is 21.6 Å². The van der Waals surface area contributed by atoms with Crippen molar-refractivity contribution in [3.8, 4) is 11.5 Å². The van der Waals surface area contributed by atoms with Crippen molar-refractivity contribution in [2.24, 2.45) is 0 Å². The average molecular weight is 598 g/mol. The van der Waals surface area contributed by atoms with Gasteiger partial charge in [0.2, 0.25) is 0 Å². The molecule has 0 radical (unpaired) electrons. The number of rotatable bonds is 5. The molecule has 5 nitrogen and oxygen atoms in total. The molecule has 0 fully saturated rings. The SMILES string of the molecule is COc1cccc2cc3cccc(S(=O)(=O)[O-])c3c(OC)c12.c1ccc([I+]c2ccccc2)cc1. The van der Waals surface area contributed by atoms with Crippen molar-refractivity contribution in [2.45, 2.75) is 4.90 Å². The van der Waals surface area contributed by atoms with Gasteiger partial charge in [-0.25, -0.2) is 8.42 Å². The zero-order valence-electron chi connectivity index (χ0n) is 19.1. The molecule has 0 spiro atoms. The van der Waals surface area contributed by atoms with E-state index in [1.165, 1.54) is 27.4 Å². The Kier molecular flexibility index (Phi) is 7.90. The Morgan fingerprint density at radius 3 is 1.71 bits per heavy atom. The number of methoxy groups -OCH3 is 2. The van der Waals surface area contributed by atoms with Crippen molar-refractivity contribution in [2.75, 3.05) is 14.2 Å². The second-order valence-electron chi connectivity index (χ2n) is 7.46. The third-order valence-electron chi connectivity index (χ3n) is 5.26. The summed E-state index contributed by atoms with van der Waals surface area (Å²) in [5.41, 5.74) is 0. The van der Waals surface area contributed by atoms with Crippen molar-refractivity contribution in [1.82, 2.24) is 0 Å². The number of halogens is 1. The Morgan fingerprint density at radius 1 is 0.657 bits per heavy atom. The molecule has 0 amide bonds. The number of ether oxygens (including phenoxy) is 2. The fraction of sp³-hybridized carbons (Fsp3) is 0.0714. The van der Waals surface area contributed by atoms with Crippen LogP contribution < -0.4 is 30.7 Å². The number of benzene rings is 5. The first kappa shape index (κ1) is 25.0. The van der Waals surface area contributed by atoms with Crippen LogP contribution in [0, 0.1) is 7.14 Å². The molecule has 5 aromatic carbocycles. The summed E-state index contributed by atoms with van der Waals surface area (Å²) < 4.78 is 48.4. The van der Waals surface area contributed by atoms with Gasteiger partial charge < -0.3 is 14.0 Å². The first-order valence-corrected chi connectivity index (χ1v) is 14.3. The quantitative estimate of drug-likeness (QED) is 0.177. The maximum Gasteiger partial charge on any atom is 0.357 e. The Hall–Kier alpha value is -3.14. The van der Waals surface area contributed by atoms with Crippen LogP contribution in [0.25, 0.3) is 21.5 Å². The van der Waals surface area contributed by atoms with Crippen molar-refractivity contribution < 1.29 is 43.6 Å². The molecule has 0 aliphatic heterocycles. The minimum Gasteiger partial charge on any atom is -0.744 e. The molecular formula is C28H23IO5S. The van der Waals surface area contributed by atoms with Gasteiger partial charge in [0.05, 0.1) is 24.5 Å². The van der Waals surface area contributed by atoms with E-state index in [-0.39, 0.29) is 31.5 Å². The zero-order valence-corrected chi connectivity index (χ0v) is 22.1. The number of hydrogen-bond acceptors (Lipinski definition) is 5. The predicted octanol–water partition coefficient (Wildman–Crippen LogP) is 2.73. The second kappa shape index (κ2) is 11.1. The molecule has 0 bridgehead atoms. The summed E-state index contributed by atoms with van der Waals surface area (Å²) in [6.45, 7) is 0. The molecule has 0 N–H and O–H groups in total. The Balaban J connectivity index is 0.000000189. The molecule has 5 rings (SSSR count).